The summed E-state index contributed by atoms with van der Waals surface area (Å²) in [5, 5.41) is 9.91. The molecule has 2 aromatic rings. The number of benzene rings is 1. The summed E-state index contributed by atoms with van der Waals surface area (Å²) in [6, 6.07) is 7.46. The lowest BCUT2D eigenvalue weighted by Gasteiger charge is -2.26. The number of carbonyl (C=O) groups is 1. The van der Waals surface area contributed by atoms with Crippen molar-refractivity contribution < 1.29 is 19.0 Å². The summed E-state index contributed by atoms with van der Waals surface area (Å²) in [5.41, 5.74) is 0.580. The molecule has 1 aliphatic heterocycles. The second kappa shape index (κ2) is 7.40. The van der Waals surface area contributed by atoms with Gasteiger partial charge in [-0.2, -0.15) is 0 Å². The highest BCUT2D eigenvalue weighted by atomic mass is 19.1. The Labute approximate surface area is 139 Å². The van der Waals surface area contributed by atoms with Crippen LogP contribution in [0.25, 0.3) is 0 Å². The van der Waals surface area contributed by atoms with Crippen molar-refractivity contribution >= 4 is 5.91 Å². The van der Waals surface area contributed by atoms with Gasteiger partial charge in [-0.25, -0.2) is 4.39 Å². The molecule has 3 rings (SSSR count). The fourth-order valence-corrected chi connectivity index (χ4v) is 2.84. The molecule has 1 aromatic heterocycles. The summed E-state index contributed by atoms with van der Waals surface area (Å²) in [6.07, 6.45) is 5.04. The smallest absolute Gasteiger partial charge is 0.261 e. The molecule has 1 aromatic carbocycles. The number of rotatable bonds is 5. The van der Waals surface area contributed by atoms with Gasteiger partial charge in [0.25, 0.3) is 5.91 Å². The normalized spacial score (nSPS) is 17.0. The van der Waals surface area contributed by atoms with Gasteiger partial charge in [0.2, 0.25) is 0 Å². The van der Waals surface area contributed by atoms with Crippen LogP contribution in [0.4, 0.5) is 4.39 Å². The van der Waals surface area contributed by atoms with Gasteiger partial charge in [-0.05, 0) is 42.7 Å². The fraction of sp³-hybridized carbons (Fsp3) is 0.333. The topological polar surface area (TPSA) is 62.7 Å². The van der Waals surface area contributed by atoms with Crippen molar-refractivity contribution in [3.8, 4) is 5.75 Å². The van der Waals surface area contributed by atoms with Gasteiger partial charge < -0.3 is 14.7 Å². The van der Waals surface area contributed by atoms with Gasteiger partial charge in [0.15, 0.2) is 0 Å². The third-order valence-corrected chi connectivity index (χ3v) is 4.06. The van der Waals surface area contributed by atoms with Gasteiger partial charge in [0.1, 0.15) is 17.1 Å². The SMILES string of the molecule is O=C(c1c(O)cccc1F)N(Cc1ccncc1)C[C@@H]1CCCO1. The first-order valence-corrected chi connectivity index (χ1v) is 7.92. The number of phenolic OH excluding ortho intramolecular Hbond substituents is 1. The van der Waals surface area contributed by atoms with E-state index in [1.54, 1.807) is 24.5 Å². The van der Waals surface area contributed by atoms with Gasteiger partial charge >= 0.3 is 0 Å². The minimum absolute atomic E-state index is 0.0651. The van der Waals surface area contributed by atoms with Crippen molar-refractivity contribution in [1.82, 2.24) is 9.88 Å². The molecule has 6 heteroatoms. The lowest BCUT2D eigenvalue weighted by Crippen LogP contribution is -2.37. The molecule has 5 nitrogen and oxygen atoms in total. The van der Waals surface area contributed by atoms with E-state index in [1.165, 1.54) is 23.1 Å². The zero-order chi connectivity index (χ0) is 16.9. The number of hydrogen-bond donors (Lipinski definition) is 1. The predicted octanol–water partition coefficient (Wildman–Crippen LogP) is 2.75. The van der Waals surface area contributed by atoms with E-state index < -0.39 is 11.7 Å². The molecule has 2 heterocycles. The standard InChI is InChI=1S/C18H19FN2O3/c19-15-4-1-5-16(22)17(15)18(23)21(12-14-3-2-10-24-14)11-13-6-8-20-9-7-13/h1,4-9,14,22H,2-3,10-12H2/t14-/m0/s1. The number of pyridine rings is 1. The Hall–Kier alpha value is -2.47. The first kappa shape index (κ1) is 16.4. The highest BCUT2D eigenvalue weighted by molar-refractivity contribution is 5.97. The Morgan fingerprint density at radius 2 is 2.12 bits per heavy atom. The molecule has 1 N–H and O–H groups in total. The second-order valence-corrected chi connectivity index (χ2v) is 5.81. The third-order valence-electron chi connectivity index (χ3n) is 4.06. The summed E-state index contributed by atoms with van der Waals surface area (Å²) < 4.78 is 19.7. The molecule has 0 saturated carbocycles. The van der Waals surface area contributed by atoms with E-state index in [-0.39, 0.29) is 17.4 Å². The van der Waals surface area contributed by atoms with Crippen molar-refractivity contribution in [3.05, 3.63) is 59.7 Å². The van der Waals surface area contributed by atoms with Crippen LogP contribution < -0.4 is 0 Å². The maximum absolute atomic E-state index is 14.1. The van der Waals surface area contributed by atoms with E-state index in [4.69, 9.17) is 4.74 Å². The van der Waals surface area contributed by atoms with Crippen molar-refractivity contribution in [2.45, 2.75) is 25.5 Å². The van der Waals surface area contributed by atoms with E-state index in [1.807, 2.05) is 0 Å². The van der Waals surface area contributed by atoms with Crippen LogP contribution in [0.3, 0.4) is 0 Å². The Morgan fingerprint density at radius 3 is 2.79 bits per heavy atom. The van der Waals surface area contributed by atoms with Gasteiger partial charge in [-0.15, -0.1) is 0 Å². The van der Waals surface area contributed by atoms with E-state index in [0.29, 0.717) is 19.7 Å². The molecule has 1 amide bonds. The first-order chi connectivity index (χ1) is 11.6. The number of carbonyl (C=O) groups excluding carboxylic acids is 1. The molecular formula is C18H19FN2O3. The maximum Gasteiger partial charge on any atom is 0.261 e. The quantitative estimate of drug-likeness (QED) is 0.916. The van der Waals surface area contributed by atoms with Crippen LogP contribution in [0.2, 0.25) is 0 Å². The van der Waals surface area contributed by atoms with Crippen LogP contribution in [-0.2, 0) is 11.3 Å². The summed E-state index contributed by atoms with van der Waals surface area (Å²) in [6.45, 7) is 1.33. The van der Waals surface area contributed by atoms with Crippen LogP contribution in [-0.4, -0.2) is 40.2 Å². The average Bonchev–Trinajstić information content (AvgIpc) is 3.08. The van der Waals surface area contributed by atoms with Crippen LogP contribution >= 0.6 is 0 Å². The van der Waals surface area contributed by atoms with Crippen LogP contribution in [0.15, 0.2) is 42.7 Å². The minimum Gasteiger partial charge on any atom is -0.507 e. The molecule has 0 radical (unpaired) electrons. The van der Waals surface area contributed by atoms with Gasteiger partial charge in [0, 0.05) is 32.1 Å². The van der Waals surface area contributed by atoms with Crippen LogP contribution in [0.5, 0.6) is 5.75 Å². The lowest BCUT2D eigenvalue weighted by molar-refractivity contribution is 0.0501. The summed E-state index contributed by atoms with van der Waals surface area (Å²) >= 11 is 0. The number of aromatic nitrogens is 1. The highest BCUT2D eigenvalue weighted by Gasteiger charge is 2.27. The summed E-state index contributed by atoms with van der Waals surface area (Å²) in [5.74, 6) is -1.63. The lowest BCUT2D eigenvalue weighted by atomic mass is 10.1. The zero-order valence-electron chi connectivity index (χ0n) is 13.2. The molecule has 0 spiro atoms. The van der Waals surface area contributed by atoms with Gasteiger partial charge in [-0.3, -0.25) is 9.78 Å². The second-order valence-electron chi connectivity index (χ2n) is 5.81. The molecule has 1 atom stereocenters. The van der Waals surface area contributed by atoms with E-state index in [9.17, 15) is 14.3 Å². The van der Waals surface area contributed by atoms with Crippen molar-refractivity contribution in [2.24, 2.45) is 0 Å². The Morgan fingerprint density at radius 1 is 1.33 bits per heavy atom. The van der Waals surface area contributed by atoms with E-state index in [2.05, 4.69) is 4.98 Å². The fourth-order valence-electron chi connectivity index (χ4n) is 2.84. The predicted molar refractivity (Wildman–Crippen MR) is 86.0 cm³/mol. The zero-order valence-corrected chi connectivity index (χ0v) is 13.2. The molecule has 1 fully saturated rings. The molecule has 1 aliphatic rings. The Kier molecular flexibility index (Phi) is 5.05. The molecule has 126 valence electrons. The Bertz CT molecular complexity index is 682. The van der Waals surface area contributed by atoms with Crippen molar-refractivity contribution in [2.75, 3.05) is 13.2 Å². The number of halogens is 1. The maximum atomic E-state index is 14.1. The Balaban J connectivity index is 1.86. The van der Waals surface area contributed by atoms with Gasteiger partial charge in [0.05, 0.1) is 6.10 Å². The number of hydrogen-bond acceptors (Lipinski definition) is 4. The minimum atomic E-state index is -0.730. The number of ether oxygens (including phenoxy) is 1. The number of amides is 1. The highest BCUT2D eigenvalue weighted by Crippen LogP contribution is 2.24. The molecule has 0 unspecified atom stereocenters. The molecular weight excluding hydrogens is 311 g/mol. The summed E-state index contributed by atoms with van der Waals surface area (Å²) in [4.78, 5) is 18.3. The number of aromatic hydroxyl groups is 1. The van der Waals surface area contributed by atoms with Crippen molar-refractivity contribution in [1.29, 1.82) is 0 Å². The van der Waals surface area contributed by atoms with Crippen LogP contribution in [0.1, 0.15) is 28.8 Å². The number of nitrogens with zero attached hydrogens (tertiary/aromatic N) is 2. The van der Waals surface area contributed by atoms with E-state index >= 15 is 0 Å². The van der Waals surface area contributed by atoms with Crippen LogP contribution in [0, 0.1) is 5.82 Å². The summed E-state index contributed by atoms with van der Waals surface area (Å²) in [7, 11) is 0. The van der Waals surface area contributed by atoms with Gasteiger partial charge in [-0.1, -0.05) is 6.07 Å². The monoisotopic (exact) mass is 330 g/mol. The average molecular weight is 330 g/mol. The first-order valence-electron chi connectivity index (χ1n) is 7.92. The van der Waals surface area contributed by atoms with Crippen molar-refractivity contribution in [3.63, 3.8) is 0 Å². The molecule has 24 heavy (non-hydrogen) atoms. The molecule has 0 bridgehead atoms. The number of phenols is 1. The largest absolute Gasteiger partial charge is 0.507 e. The third kappa shape index (κ3) is 3.71. The molecule has 1 saturated heterocycles. The molecule has 0 aliphatic carbocycles. The van der Waals surface area contributed by atoms with E-state index in [0.717, 1.165) is 18.4 Å².